The van der Waals surface area contributed by atoms with Crippen LogP contribution in [0.3, 0.4) is 0 Å². The number of unbranched alkanes of at least 4 members (excludes halogenated alkanes) is 1. The van der Waals surface area contributed by atoms with Crippen LogP contribution in [0.2, 0.25) is 10.0 Å². The van der Waals surface area contributed by atoms with Crippen LogP contribution in [0.15, 0.2) is 24.3 Å². The molecule has 0 heterocycles. The minimum Gasteiger partial charge on any atom is -0.504 e. The molecule has 6 heteroatoms. The van der Waals surface area contributed by atoms with Crippen LogP contribution < -0.4 is 10.1 Å². The van der Waals surface area contributed by atoms with Crippen LogP contribution in [0.25, 0.3) is 0 Å². The van der Waals surface area contributed by atoms with Crippen molar-refractivity contribution in [3.05, 3.63) is 51.0 Å². The quantitative estimate of drug-likeness (QED) is 0.479. The van der Waals surface area contributed by atoms with E-state index in [0.29, 0.717) is 29.2 Å². The number of carbonyl (C=O) groups excluding carboxylic acids is 1. The third-order valence-corrected chi connectivity index (χ3v) is 5.36. The molecule has 2 N–H and O–H groups in total. The SMILES string of the molecule is CCCCC(Oc1ccc(C)cc1C)C(=O)Nc1cc(Cl)c(CC)c(Cl)c1O. The Balaban J connectivity index is 2.26. The van der Waals surface area contributed by atoms with E-state index >= 15 is 0 Å². The van der Waals surface area contributed by atoms with Gasteiger partial charge in [-0.05, 0) is 56.4 Å². The second-order valence-corrected chi connectivity index (χ2v) is 7.69. The summed E-state index contributed by atoms with van der Waals surface area (Å²) in [5.41, 5.74) is 2.93. The van der Waals surface area contributed by atoms with Gasteiger partial charge in [-0.15, -0.1) is 0 Å². The Bertz CT molecular complexity index is 852. The third kappa shape index (κ3) is 5.33. The van der Waals surface area contributed by atoms with Crippen molar-refractivity contribution in [2.45, 2.75) is 59.5 Å². The molecule has 2 aromatic carbocycles. The number of hydrogen-bond acceptors (Lipinski definition) is 3. The second kappa shape index (κ2) is 10.0. The fourth-order valence-corrected chi connectivity index (χ4v) is 3.72. The van der Waals surface area contributed by atoms with Crippen LogP contribution in [-0.4, -0.2) is 17.1 Å². The van der Waals surface area contributed by atoms with Gasteiger partial charge in [-0.25, -0.2) is 0 Å². The van der Waals surface area contributed by atoms with Crippen molar-refractivity contribution in [3.8, 4) is 11.5 Å². The van der Waals surface area contributed by atoms with Crippen molar-refractivity contribution in [3.63, 3.8) is 0 Å². The molecule has 28 heavy (non-hydrogen) atoms. The largest absolute Gasteiger partial charge is 0.504 e. The number of phenols is 1. The lowest BCUT2D eigenvalue weighted by molar-refractivity contribution is -0.123. The summed E-state index contributed by atoms with van der Waals surface area (Å²) < 4.78 is 6.02. The normalized spacial score (nSPS) is 11.9. The zero-order chi connectivity index (χ0) is 20.8. The van der Waals surface area contributed by atoms with Gasteiger partial charge in [-0.1, -0.05) is 61.2 Å². The van der Waals surface area contributed by atoms with E-state index in [4.69, 9.17) is 27.9 Å². The summed E-state index contributed by atoms with van der Waals surface area (Å²) in [5, 5.41) is 13.6. The number of carbonyl (C=O) groups is 1. The smallest absolute Gasteiger partial charge is 0.265 e. The number of halogens is 2. The van der Waals surface area contributed by atoms with Crippen LogP contribution in [0.1, 0.15) is 49.8 Å². The van der Waals surface area contributed by atoms with E-state index in [0.717, 1.165) is 24.0 Å². The van der Waals surface area contributed by atoms with Gasteiger partial charge in [0.25, 0.3) is 5.91 Å². The summed E-state index contributed by atoms with van der Waals surface area (Å²) in [4.78, 5) is 12.9. The van der Waals surface area contributed by atoms with Gasteiger partial charge in [-0.2, -0.15) is 0 Å². The molecule has 4 nitrogen and oxygen atoms in total. The lowest BCUT2D eigenvalue weighted by Gasteiger charge is -2.21. The first-order valence-electron chi connectivity index (χ1n) is 9.53. The fraction of sp³-hybridized carbons (Fsp3) is 0.409. The molecule has 0 spiro atoms. The third-order valence-electron chi connectivity index (χ3n) is 4.61. The lowest BCUT2D eigenvalue weighted by atomic mass is 10.1. The topological polar surface area (TPSA) is 58.6 Å². The molecule has 0 radical (unpaired) electrons. The predicted molar refractivity (Wildman–Crippen MR) is 116 cm³/mol. The van der Waals surface area contributed by atoms with E-state index < -0.39 is 6.10 Å². The van der Waals surface area contributed by atoms with Crippen LogP contribution >= 0.6 is 23.2 Å². The Morgan fingerprint density at radius 2 is 1.93 bits per heavy atom. The van der Waals surface area contributed by atoms with E-state index in [2.05, 4.69) is 12.2 Å². The molecule has 0 aliphatic heterocycles. The first-order chi connectivity index (χ1) is 13.3. The Morgan fingerprint density at radius 3 is 2.54 bits per heavy atom. The number of aryl methyl sites for hydroxylation is 2. The highest BCUT2D eigenvalue weighted by Crippen LogP contribution is 2.39. The molecule has 0 aliphatic rings. The summed E-state index contributed by atoms with van der Waals surface area (Å²) in [6, 6.07) is 7.36. The number of aromatic hydroxyl groups is 1. The summed E-state index contributed by atoms with van der Waals surface area (Å²) in [5.74, 6) is 0.139. The highest BCUT2D eigenvalue weighted by molar-refractivity contribution is 6.37. The lowest BCUT2D eigenvalue weighted by Crippen LogP contribution is -2.33. The molecule has 2 rings (SSSR count). The van der Waals surface area contributed by atoms with Crippen molar-refractivity contribution in [1.29, 1.82) is 0 Å². The van der Waals surface area contributed by atoms with Crippen molar-refractivity contribution in [2.75, 3.05) is 5.32 Å². The number of amides is 1. The minimum absolute atomic E-state index is 0.158. The highest BCUT2D eigenvalue weighted by atomic mass is 35.5. The van der Waals surface area contributed by atoms with Crippen molar-refractivity contribution >= 4 is 34.8 Å². The van der Waals surface area contributed by atoms with Gasteiger partial charge >= 0.3 is 0 Å². The van der Waals surface area contributed by atoms with Crippen molar-refractivity contribution < 1.29 is 14.6 Å². The molecule has 152 valence electrons. The molecule has 0 bridgehead atoms. The van der Waals surface area contributed by atoms with Crippen LogP contribution in [0.4, 0.5) is 5.69 Å². The summed E-state index contributed by atoms with van der Waals surface area (Å²) in [6.45, 7) is 7.91. The van der Waals surface area contributed by atoms with Gasteiger partial charge in [0.2, 0.25) is 0 Å². The van der Waals surface area contributed by atoms with Crippen LogP contribution in [0, 0.1) is 13.8 Å². The van der Waals surface area contributed by atoms with Crippen LogP contribution in [0.5, 0.6) is 11.5 Å². The zero-order valence-electron chi connectivity index (χ0n) is 16.7. The Hall–Kier alpha value is -1.91. The molecule has 0 fully saturated rings. The van der Waals surface area contributed by atoms with E-state index in [1.165, 1.54) is 6.07 Å². The number of nitrogens with one attached hydrogen (secondary N) is 1. The van der Waals surface area contributed by atoms with E-state index in [1.54, 1.807) is 0 Å². The summed E-state index contributed by atoms with van der Waals surface area (Å²) >= 11 is 12.4. The van der Waals surface area contributed by atoms with Crippen molar-refractivity contribution in [1.82, 2.24) is 0 Å². The predicted octanol–water partition coefficient (Wildman–Crippen LogP) is 6.45. The monoisotopic (exact) mass is 423 g/mol. The molecule has 1 amide bonds. The van der Waals surface area contributed by atoms with Crippen molar-refractivity contribution in [2.24, 2.45) is 0 Å². The first-order valence-corrected chi connectivity index (χ1v) is 10.3. The fourth-order valence-electron chi connectivity index (χ4n) is 3.00. The average molecular weight is 424 g/mol. The van der Waals surface area contributed by atoms with E-state index in [1.807, 2.05) is 39.0 Å². The number of benzene rings is 2. The zero-order valence-corrected chi connectivity index (χ0v) is 18.2. The number of hydrogen-bond donors (Lipinski definition) is 2. The first kappa shape index (κ1) is 22.4. The molecule has 1 atom stereocenters. The minimum atomic E-state index is -0.691. The van der Waals surface area contributed by atoms with Gasteiger partial charge in [0.15, 0.2) is 11.9 Å². The standard InChI is InChI=1S/C22H27Cl2NO3/c1-5-7-8-19(28-18-10-9-13(3)11-14(18)4)22(27)25-17-12-16(23)15(6-2)20(24)21(17)26/h9-12,19,26H,5-8H2,1-4H3,(H,25,27). The molecule has 0 saturated carbocycles. The van der Waals surface area contributed by atoms with Gasteiger partial charge in [-0.3, -0.25) is 4.79 Å². The highest BCUT2D eigenvalue weighted by Gasteiger charge is 2.23. The van der Waals surface area contributed by atoms with Gasteiger partial charge < -0.3 is 15.2 Å². The maximum absolute atomic E-state index is 12.9. The number of rotatable bonds is 8. The van der Waals surface area contributed by atoms with Gasteiger partial charge in [0, 0.05) is 5.02 Å². The molecular weight excluding hydrogens is 397 g/mol. The molecule has 0 aliphatic carbocycles. The molecule has 0 aromatic heterocycles. The Kier molecular flexibility index (Phi) is 8.02. The maximum atomic E-state index is 12.9. The molecular formula is C22H27Cl2NO3. The maximum Gasteiger partial charge on any atom is 0.265 e. The number of anilines is 1. The van der Waals surface area contributed by atoms with Crippen LogP contribution in [-0.2, 0) is 11.2 Å². The summed E-state index contributed by atoms with van der Waals surface area (Å²) in [6.07, 6.45) is 2.22. The van der Waals surface area contributed by atoms with E-state index in [-0.39, 0.29) is 22.4 Å². The Morgan fingerprint density at radius 1 is 1.21 bits per heavy atom. The van der Waals surface area contributed by atoms with Gasteiger partial charge in [0.05, 0.1) is 10.7 Å². The molecule has 1 unspecified atom stereocenters. The van der Waals surface area contributed by atoms with Gasteiger partial charge in [0.1, 0.15) is 5.75 Å². The number of phenolic OH excluding ortho intramolecular Hbond substituents is 1. The molecule has 0 saturated heterocycles. The van der Waals surface area contributed by atoms with E-state index in [9.17, 15) is 9.90 Å². The average Bonchev–Trinajstić information content (AvgIpc) is 2.64. The second-order valence-electron chi connectivity index (χ2n) is 6.91. The summed E-state index contributed by atoms with van der Waals surface area (Å²) in [7, 11) is 0. The number of ether oxygens (including phenoxy) is 1. The molecule has 2 aromatic rings. The Labute approximate surface area is 176 Å².